The minimum absolute atomic E-state index is 0.116. The van der Waals surface area contributed by atoms with E-state index in [-0.39, 0.29) is 5.91 Å². The normalized spacial score (nSPS) is 19.1. The molecule has 1 fully saturated rings. The summed E-state index contributed by atoms with van der Waals surface area (Å²) in [6.07, 6.45) is 5.72. The zero-order valence-corrected chi connectivity index (χ0v) is 15.9. The van der Waals surface area contributed by atoms with E-state index < -0.39 is 0 Å². The molecule has 28 heavy (non-hydrogen) atoms. The summed E-state index contributed by atoms with van der Waals surface area (Å²) in [5, 5.41) is 12.5. The fourth-order valence-corrected chi connectivity index (χ4v) is 4.51. The highest BCUT2D eigenvalue weighted by Crippen LogP contribution is 2.32. The Morgan fingerprint density at radius 2 is 2.00 bits per heavy atom. The Labute approximate surface area is 163 Å². The number of likely N-dealkylation sites (tertiary alicyclic amines) is 1. The van der Waals surface area contributed by atoms with Gasteiger partial charge in [0.2, 0.25) is 0 Å². The van der Waals surface area contributed by atoms with Crippen molar-refractivity contribution >= 4 is 16.9 Å². The quantitative estimate of drug-likeness (QED) is 0.754. The van der Waals surface area contributed by atoms with Gasteiger partial charge in [-0.25, -0.2) is 0 Å². The molecule has 0 radical (unpaired) electrons. The maximum atomic E-state index is 12.7. The summed E-state index contributed by atoms with van der Waals surface area (Å²) >= 11 is 0. The number of hydrogen-bond donors (Lipinski definition) is 1. The first-order valence-corrected chi connectivity index (χ1v) is 10.2. The monoisotopic (exact) mass is 379 g/mol. The molecule has 0 saturated carbocycles. The summed E-state index contributed by atoms with van der Waals surface area (Å²) in [6.45, 7) is 4.59. The first-order chi connectivity index (χ1) is 13.8. The zero-order chi connectivity index (χ0) is 18.9. The van der Waals surface area contributed by atoms with Crippen LogP contribution >= 0.6 is 0 Å². The molecule has 0 unspecified atom stereocenters. The lowest BCUT2D eigenvalue weighted by Crippen LogP contribution is -2.41. The van der Waals surface area contributed by atoms with Gasteiger partial charge in [-0.05, 0) is 50.9 Å². The van der Waals surface area contributed by atoms with Crippen LogP contribution in [-0.2, 0) is 6.42 Å². The third kappa shape index (κ3) is 3.20. The average Bonchev–Trinajstić information content (AvgIpc) is 3.34. The van der Waals surface area contributed by atoms with Gasteiger partial charge in [-0.3, -0.25) is 9.89 Å². The van der Waals surface area contributed by atoms with Gasteiger partial charge in [0.25, 0.3) is 5.91 Å². The Bertz CT molecular complexity index is 970. The number of nitrogens with zero attached hydrogens (tertiary/aromatic N) is 4. The molecule has 0 aliphatic carbocycles. The number of benzene rings is 1. The van der Waals surface area contributed by atoms with Crippen molar-refractivity contribution < 1.29 is 9.32 Å². The van der Waals surface area contributed by atoms with Crippen molar-refractivity contribution in [3.63, 3.8) is 0 Å². The van der Waals surface area contributed by atoms with E-state index in [1.54, 1.807) is 6.20 Å². The summed E-state index contributed by atoms with van der Waals surface area (Å²) in [6, 6.07) is 8.10. The van der Waals surface area contributed by atoms with Gasteiger partial charge in [-0.15, -0.1) is 0 Å². The average molecular weight is 379 g/mol. The molecule has 5 rings (SSSR count). The lowest BCUT2D eigenvalue weighted by Gasteiger charge is -2.32. The molecule has 1 N–H and O–H groups in total. The Hall–Kier alpha value is -2.67. The number of carbonyl (C=O) groups excluding carboxylic acids is 1. The third-order valence-electron chi connectivity index (χ3n) is 6.16. The molecule has 2 aliphatic rings. The van der Waals surface area contributed by atoms with Crippen LogP contribution in [0, 0.1) is 0 Å². The number of hydrogen-bond acceptors (Lipinski definition) is 5. The number of rotatable bonds is 4. The second-order valence-corrected chi connectivity index (χ2v) is 7.84. The van der Waals surface area contributed by atoms with Crippen LogP contribution in [0.4, 0.5) is 0 Å². The van der Waals surface area contributed by atoms with Gasteiger partial charge < -0.3 is 14.3 Å². The molecule has 2 aliphatic heterocycles. The first-order valence-electron chi connectivity index (χ1n) is 10.2. The molecule has 7 nitrogen and oxygen atoms in total. The molecule has 1 saturated heterocycles. The zero-order valence-electron chi connectivity index (χ0n) is 15.9. The van der Waals surface area contributed by atoms with Gasteiger partial charge in [0.05, 0.1) is 17.5 Å². The van der Waals surface area contributed by atoms with Gasteiger partial charge in [-0.1, -0.05) is 17.3 Å². The molecule has 1 aromatic carbocycles. The van der Waals surface area contributed by atoms with Crippen molar-refractivity contribution in [3.05, 3.63) is 47.4 Å². The fourth-order valence-electron chi connectivity index (χ4n) is 4.51. The minimum atomic E-state index is 0.116. The Morgan fingerprint density at radius 1 is 1.14 bits per heavy atom. The highest BCUT2D eigenvalue weighted by Gasteiger charge is 2.27. The van der Waals surface area contributed by atoms with Crippen LogP contribution in [0.15, 0.2) is 35.0 Å². The molecular formula is C21H25N5O2. The smallest absolute Gasteiger partial charge is 0.257 e. The van der Waals surface area contributed by atoms with Crippen LogP contribution in [0.2, 0.25) is 0 Å². The van der Waals surface area contributed by atoms with E-state index in [4.69, 9.17) is 4.52 Å². The summed E-state index contributed by atoms with van der Waals surface area (Å²) in [5.74, 6) is 0.568. The Balaban J connectivity index is 1.17. The third-order valence-corrected chi connectivity index (χ3v) is 6.16. The van der Waals surface area contributed by atoms with Gasteiger partial charge >= 0.3 is 0 Å². The molecule has 4 heterocycles. The molecule has 2 aromatic heterocycles. The molecular weight excluding hydrogens is 354 g/mol. The van der Waals surface area contributed by atoms with Crippen LogP contribution in [0.5, 0.6) is 0 Å². The van der Waals surface area contributed by atoms with Crippen LogP contribution in [0.3, 0.4) is 0 Å². The summed E-state index contributed by atoms with van der Waals surface area (Å²) < 4.78 is 5.49. The van der Waals surface area contributed by atoms with Crippen LogP contribution in [0.1, 0.15) is 46.9 Å². The fraction of sp³-hybridized carbons (Fsp3) is 0.476. The van der Waals surface area contributed by atoms with Crippen LogP contribution < -0.4 is 0 Å². The number of para-hydroxylation sites is 1. The summed E-state index contributed by atoms with van der Waals surface area (Å²) in [7, 11) is 0. The first kappa shape index (κ1) is 17.4. The van der Waals surface area contributed by atoms with Crippen molar-refractivity contribution in [1.29, 1.82) is 0 Å². The van der Waals surface area contributed by atoms with Crippen molar-refractivity contribution in [2.24, 2.45) is 0 Å². The van der Waals surface area contributed by atoms with E-state index in [0.717, 1.165) is 86.3 Å². The van der Waals surface area contributed by atoms with Crippen molar-refractivity contribution in [2.45, 2.75) is 31.6 Å². The molecule has 146 valence electrons. The number of amides is 1. The number of aromatic nitrogens is 3. The lowest BCUT2D eigenvalue weighted by atomic mass is 9.91. The predicted molar refractivity (Wildman–Crippen MR) is 105 cm³/mol. The topological polar surface area (TPSA) is 78.3 Å². The molecule has 0 atom stereocenters. The van der Waals surface area contributed by atoms with Gasteiger partial charge in [-0.2, -0.15) is 5.10 Å². The molecule has 1 amide bonds. The number of fused-ring (bicyclic) bond motifs is 2. The van der Waals surface area contributed by atoms with Crippen LogP contribution in [-0.4, -0.2) is 63.8 Å². The number of carbonyl (C=O) groups is 1. The molecule has 3 aromatic rings. The maximum absolute atomic E-state index is 12.7. The van der Waals surface area contributed by atoms with E-state index in [9.17, 15) is 4.79 Å². The standard InChI is InChI=1S/C21H25N5O2/c27-21-17-14-22-23-18(17)5-3-9-26(21)13-12-25-10-7-15(8-11-25)20-16-4-1-2-6-19(16)28-24-20/h1-2,4,6,14-15H,3,5,7-13H2,(H,22,23). The lowest BCUT2D eigenvalue weighted by molar-refractivity contribution is 0.0732. The van der Waals surface area contributed by atoms with Crippen LogP contribution in [0.25, 0.3) is 11.0 Å². The molecule has 0 spiro atoms. The van der Waals surface area contributed by atoms with Gasteiger partial charge in [0.15, 0.2) is 5.58 Å². The maximum Gasteiger partial charge on any atom is 0.257 e. The van der Waals surface area contributed by atoms with E-state index >= 15 is 0 Å². The summed E-state index contributed by atoms with van der Waals surface area (Å²) in [4.78, 5) is 17.2. The second-order valence-electron chi connectivity index (χ2n) is 7.84. The van der Waals surface area contributed by atoms with E-state index in [2.05, 4.69) is 26.3 Å². The number of piperidine rings is 1. The largest absolute Gasteiger partial charge is 0.356 e. The molecule has 0 bridgehead atoms. The van der Waals surface area contributed by atoms with Crippen molar-refractivity contribution in [2.75, 3.05) is 32.7 Å². The molecule has 7 heteroatoms. The van der Waals surface area contributed by atoms with E-state index in [1.807, 2.05) is 23.1 Å². The van der Waals surface area contributed by atoms with Crippen molar-refractivity contribution in [3.8, 4) is 0 Å². The van der Waals surface area contributed by atoms with Gasteiger partial charge in [0.1, 0.15) is 0 Å². The number of aromatic amines is 1. The van der Waals surface area contributed by atoms with Gasteiger partial charge in [0, 0.05) is 36.6 Å². The minimum Gasteiger partial charge on any atom is -0.356 e. The van der Waals surface area contributed by atoms with E-state index in [1.165, 1.54) is 0 Å². The second kappa shape index (κ2) is 7.39. The van der Waals surface area contributed by atoms with Crippen molar-refractivity contribution in [1.82, 2.24) is 25.2 Å². The SMILES string of the molecule is O=C1c2cn[nH]c2CCCN1CCN1CCC(c2noc3ccccc23)CC1. The Kier molecular flexibility index (Phi) is 4.60. The Morgan fingerprint density at radius 3 is 2.89 bits per heavy atom. The predicted octanol–water partition coefficient (Wildman–Crippen LogP) is 2.82. The van der Waals surface area contributed by atoms with E-state index in [0.29, 0.717) is 5.92 Å². The number of aryl methyl sites for hydroxylation is 1. The highest BCUT2D eigenvalue weighted by molar-refractivity contribution is 5.95. The summed E-state index contributed by atoms with van der Waals surface area (Å²) in [5.41, 5.74) is 3.70. The number of nitrogens with one attached hydrogen (secondary N) is 1. The highest BCUT2D eigenvalue weighted by atomic mass is 16.5. The number of H-pyrrole nitrogens is 1.